The predicted octanol–water partition coefficient (Wildman–Crippen LogP) is 2.87. The van der Waals surface area contributed by atoms with Gasteiger partial charge in [-0.05, 0) is 45.0 Å². The number of nitrogens with one attached hydrogen (secondary N) is 3. The summed E-state index contributed by atoms with van der Waals surface area (Å²) in [6.07, 6.45) is 0. The Morgan fingerprint density at radius 2 is 1.75 bits per heavy atom. The summed E-state index contributed by atoms with van der Waals surface area (Å²) >= 11 is 0. The highest BCUT2D eigenvalue weighted by Crippen LogP contribution is 2.23. The van der Waals surface area contributed by atoms with Crippen molar-refractivity contribution in [1.29, 1.82) is 0 Å². The average Bonchev–Trinajstić information content (AvgIpc) is 3.07. The maximum Gasteiger partial charge on any atom is 0.265 e. The van der Waals surface area contributed by atoms with E-state index in [2.05, 4.69) is 25.4 Å². The molecule has 3 aromatic rings. The van der Waals surface area contributed by atoms with E-state index in [-0.39, 0.29) is 4.90 Å². The molecule has 0 unspecified atom stereocenters. The highest BCUT2D eigenvalue weighted by Gasteiger charge is 2.22. The van der Waals surface area contributed by atoms with Crippen LogP contribution in [-0.4, -0.2) is 23.8 Å². The molecule has 0 saturated carbocycles. The molecule has 2 heterocycles. The molecule has 8 nitrogen and oxygen atoms in total. The van der Waals surface area contributed by atoms with Gasteiger partial charge in [-0.1, -0.05) is 5.16 Å². The van der Waals surface area contributed by atoms with Gasteiger partial charge in [0, 0.05) is 17.4 Å². The van der Waals surface area contributed by atoms with Crippen molar-refractivity contribution in [3.63, 3.8) is 0 Å². The third-order valence-corrected chi connectivity index (χ3v) is 5.01. The van der Waals surface area contributed by atoms with Crippen LogP contribution in [0.25, 0.3) is 0 Å². The lowest BCUT2D eigenvalue weighted by atomic mass is 10.3. The summed E-state index contributed by atoms with van der Waals surface area (Å²) in [5, 5.41) is 13.5. The van der Waals surface area contributed by atoms with Crippen LogP contribution >= 0.6 is 0 Å². The van der Waals surface area contributed by atoms with Gasteiger partial charge in [-0.2, -0.15) is 5.10 Å². The molecule has 0 amide bonds. The van der Waals surface area contributed by atoms with Crippen LogP contribution in [0.1, 0.15) is 17.1 Å². The van der Waals surface area contributed by atoms with Gasteiger partial charge in [0.15, 0.2) is 5.82 Å². The second-order valence-electron chi connectivity index (χ2n) is 5.39. The maximum atomic E-state index is 12.5. The van der Waals surface area contributed by atoms with Crippen LogP contribution < -0.4 is 10.0 Å². The number of H-pyrrole nitrogens is 1. The Kier molecular flexibility index (Phi) is 4.02. The van der Waals surface area contributed by atoms with Crippen molar-refractivity contribution in [2.24, 2.45) is 0 Å². The van der Waals surface area contributed by atoms with E-state index < -0.39 is 10.0 Å². The smallest absolute Gasteiger partial charge is 0.265 e. The summed E-state index contributed by atoms with van der Waals surface area (Å²) in [6.45, 7) is 5.11. The van der Waals surface area contributed by atoms with Crippen molar-refractivity contribution >= 4 is 27.2 Å². The third-order valence-electron chi connectivity index (χ3n) is 3.37. The maximum absolute atomic E-state index is 12.5. The second kappa shape index (κ2) is 6.00. The highest BCUT2D eigenvalue weighted by molar-refractivity contribution is 7.92. The normalized spacial score (nSPS) is 11.5. The number of hydrogen-bond donors (Lipinski definition) is 3. The molecule has 2 aromatic heterocycles. The van der Waals surface area contributed by atoms with Crippen molar-refractivity contribution in [2.75, 3.05) is 10.0 Å². The Morgan fingerprint density at radius 1 is 1.08 bits per heavy atom. The molecule has 126 valence electrons. The zero-order valence-corrected chi connectivity index (χ0v) is 14.2. The number of anilines is 3. The molecule has 9 heteroatoms. The Bertz CT molecular complexity index is 938. The van der Waals surface area contributed by atoms with E-state index in [1.807, 2.05) is 0 Å². The van der Waals surface area contributed by atoms with Crippen molar-refractivity contribution in [2.45, 2.75) is 25.7 Å². The molecule has 0 fully saturated rings. The summed E-state index contributed by atoms with van der Waals surface area (Å²) in [5.41, 5.74) is 2.15. The van der Waals surface area contributed by atoms with Crippen LogP contribution in [0, 0.1) is 20.8 Å². The van der Waals surface area contributed by atoms with Gasteiger partial charge in [-0.25, -0.2) is 8.42 Å². The number of benzene rings is 1. The van der Waals surface area contributed by atoms with E-state index in [1.165, 1.54) is 0 Å². The topological polar surface area (TPSA) is 113 Å². The zero-order chi connectivity index (χ0) is 17.3. The van der Waals surface area contributed by atoms with E-state index in [1.54, 1.807) is 51.1 Å². The molecular formula is C15H17N5O3S. The first kappa shape index (κ1) is 16.1. The Hall–Kier alpha value is -2.81. The van der Waals surface area contributed by atoms with Crippen LogP contribution in [0.4, 0.5) is 17.2 Å². The molecule has 1 aromatic carbocycles. The molecule has 0 aliphatic rings. The lowest BCUT2D eigenvalue weighted by Gasteiger charge is -2.09. The van der Waals surface area contributed by atoms with Gasteiger partial charge in [0.25, 0.3) is 10.0 Å². The highest BCUT2D eigenvalue weighted by atomic mass is 32.2. The molecule has 3 rings (SSSR count). The number of hydrogen-bond acceptors (Lipinski definition) is 6. The summed E-state index contributed by atoms with van der Waals surface area (Å²) in [7, 11) is -3.69. The number of aromatic amines is 1. The number of nitrogens with zero attached hydrogens (tertiary/aromatic N) is 2. The third kappa shape index (κ3) is 3.25. The molecule has 0 atom stereocenters. The summed E-state index contributed by atoms with van der Waals surface area (Å²) in [6, 6.07) is 8.59. The minimum absolute atomic E-state index is 0.169. The first-order valence-corrected chi connectivity index (χ1v) is 8.68. The van der Waals surface area contributed by atoms with Gasteiger partial charge < -0.3 is 9.84 Å². The largest absolute Gasteiger partial charge is 0.360 e. The Morgan fingerprint density at radius 3 is 2.29 bits per heavy atom. The second-order valence-corrected chi connectivity index (χ2v) is 7.01. The van der Waals surface area contributed by atoms with E-state index in [9.17, 15) is 8.42 Å². The van der Waals surface area contributed by atoms with Crippen LogP contribution in [0.3, 0.4) is 0 Å². The number of sulfonamides is 1. The molecule has 3 N–H and O–H groups in total. The molecule has 0 bridgehead atoms. The van der Waals surface area contributed by atoms with Gasteiger partial charge in [-0.15, -0.1) is 0 Å². The first-order chi connectivity index (χ1) is 11.3. The molecule has 0 aliphatic carbocycles. The number of aromatic nitrogens is 3. The summed E-state index contributed by atoms with van der Waals surface area (Å²) in [4.78, 5) is 0.169. The monoisotopic (exact) mass is 347 g/mol. The number of rotatable bonds is 5. The molecule has 0 radical (unpaired) electrons. The van der Waals surface area contributed by atoms with Crippen LogP contribution in [0.15, 0.2) is 39.8 Å². The predicted molar refractivity (Wildman–Crippen MR) is 89.8 cm³/mol. The van der Waals surface area contributed by atoms with Crippen LogP contribution in [-0.2, 0) is 10.0 Å². The fraction of sp³-hybridized carbons (Fsp3) is 0.200. The lowest BCUT2D eigenvalue weighted by Crippen LogP contribution is -2.14. The van der Waals surface area contributed by atoms with Gasteiger partial charge in [0.1, 0.15) is 10.7 Å². The van der Waals surface area contributed by atoms with E-state index in [4.69, 9.17) is 4.52 Å². The van der Waals surface area contributed by atoms with Crippen molar-refractivity contribution < 1.29 is 12.9 Å². The zero-order valence-electron chi connectivity index (χ0n) is 13.4. The van der Waals surface area contributed by atoms with E-state index >= 15 is 0 Å². The number of aryl methyl sites for hydroxylation is 3. The minimum Gasteiger partial charge on any atom is -0.360 e. The van der Waals surface area contributed by atoms with Crippen molar-refractivity contribution in [1.82, 2.24) is 15.4 Å². The molecule has 0 aliphatic heterocycles. The van der Waals surface area contributed by atoms with E-state index in [0.717, 1.165) is 5.69 Å². The van der Waals surface area contributed by atoms with Gasteiger partial charge in [-0.3, -0.25) is 9.82 Å². The Balaban J connectivity index is 1.76. The molecule has 24 heavy (non-hydrogen) atoms. The SMILES string of the molecule is Cc1cc(Nc2ccc(NS(=O)(=O)c3c(C)n[nH]c3C)cc2)no1. The van der Waals surface area contributed by atoms with Gasteiger partial charge in [0.05, 0.1) is 11.4 Å². The first-order valence-electron chi connectivity index (χ1n) is 7.20. The van der Waals surface area contributed by atoms with Crippen molar-refractivity contribution in [3.8, 4) is 0 Å². The fourth-order valence-corrected chi connectivity index (χ4v) is 3.77. The van der Waals surface area contributed by atoms with Crippen molar-refractivity contribution in [3.05, 3.63) is 47.5 Å². The average molecular weight is 347 g/mol. The molecular weight excluding hydrogens is 330 g/mol. The van der Waals surface area contributed by atoms with Crippen LogP contribution in [0.2, 0.25) is 0 Å². The lowest BCUT2D eigenvalue weighted by molar-refractivity contribution is 0.400. The fourth-order valence-electron chi connectivity index (χ4n) is 2.34. The molecule has 0 saturated heterocycles. The quantitative estimate of drug-likeness (QED) is 0.654. The summed E-state index contributed by atoms with van der Waals surface area (Å²) < 4.78 is 32.5. The van der Waals surface area contributed by atoms with E-state index in [0.29, 0.717) is 28.7 Å². The summed E-state index contributed by atoms with van der Waals surface area (Å²) in [5.74, 6) is 1.29. The Labute approximate surface area is 139 Å². The van der Waals surface area contributed by atoms with Gasteiger partial charge in [0.2, 0.25) is 0 Å². The van der Waals surface area contributed by atoms with Gasteiger partial charge >= 0.3 is 0 Å². The standard InChI is InChI=1S/C15H17N5O3S/c1-9-8-14(19-23-9)16-12-4-6-13(7-5-12)20-24(21,22)15-10(2)17-18-11(15)3/h4-8,20H,1-3H3,(H,16,19)(H,17,18). The molecule has 0 spiro atoms. The minimum atomic E-state index is -3.69. The van der Waals surface area contributed by atoms with Crippen LogP contribution in [0.5, 0.6) is 0 Å².